The van der Waals surface area contributed by atoms with Crippen molar-refractivity contribution in [1.29, 1.82) is 0 Å². The molecule has 1 heterocycles. The molecule has 0 bridgehead atoms. The second-order valence-electron chi connectivity index (χ2n) is 6.48. The van der Waals surface area contributed by atoms with Gasteiger partial charge in [-0.3, -0.25) is 4.90 Å². The maximum Gasteiger partial charge on any atom is 0.173 e. The third-order valence-corrected chi connectivity index (χ3v) is 6.51. The number of phenolic OH excluding ortho intramolecular Hbond substituents is 1. The Bertz CT molecular complexity index is 567. The number of phenols is 1. The van der Waals surface area contributed by atoms with Crippen molar-refractivity contribution in [3.05, 3.63) is 20.6 Å². The topological polar surface area (TPSA) is 65.0 Å². The fraction of sp³-hybridized carbons (Fsp3) is 0.625. The molecule has 0 radical (unpaired) electrons. The molecule has 0 aliphatic carbocycles. The van der Waals surface area contributed by atoms with E-state index in [0.29, 0.717) is 10.2 Å². The zero-order chi connectivity index (χ0) is 17.2. The normalized spacial score (nSPS) is 17.2. The van der Waals surface area contributed by atoms with Crippen LogP contribution in [-0.4, -0.2) is 55.0 Å². The average Bonchev–Trinajstić information content (AvgIpc) is 2.56. The first kappa shape index (κ1) is 22.0. The molecule has 0 spiro atoms. The Morgan fingerprint density at radius 2 is 1.88 bits per heavy atom. The largest absolute Gasteiger partial charge is 0.503 e. The van der Waals surface area contributed by atoms with Crippen LogP contribution in [0.5, 0.6) is 11.5 Å². The summed E-state index contributed by atoms with van der Waals surface area (Å²) in [5, 5.41) is 23.5. The third kappa shape index (κ3) is 4.37. The number of piperazine rings is 1. The van der Waals surface area contributed by atoms with Crippen molar-refractivity contribution >= 4 is 44.3 Å². The van der Waals surface area contributed by atoms with Crippen molar-refractivity contribution in [3.8, 4) is 11.5 Å². The van der Waals surface area contributed by atoms with E-state index in [-0.39, 0.29) is 36.2 Å². The molecule has 1 fully saturated rings. The van der Waals surface area contributed by atoms with Gasteiger partial charge in [-0.15, -0.1) is 12.4 Å². The highest BCUT2D eigenvalue weighted by Gasteiger charge is 2.38. The van der Waals surface area contributed by atoms with Gasteiger partial charge in [0.15, 0.2) is 11.5 Å². The Labute approximate surface area is 166 Å². The van der Waals surface area contributed by atoms with E-state index in [4.69, 9.17) is 4.74 Å². The number of rotatable bonds is 5. The lowest BCUT2D eigenvalue weighted by molar-refractivity contribution is 0.0300. The van der Waals surface area contributed by atoms with Crippen molar-refractivity contribution in [3.63, 3.8) is 0 Å². The van der Waals surface area contributed by atoms with Gasteiger partial charge >= 0.3 is 0 Å². The van der Waals surface area contributed by atoms with Crippen molar-refractivity contribution in [2.75, 3.05) is 39.9 Å². The van der Waals surface area contributed by atoms with Crippen LogP contribution < -0.4 is 10.1 Å². The summed E-state index contributed by atoms with van der Waals surface area (Å²) in [7, 11) is 1.54. The average molecular weight is 489 g/mol. The molecule has 0 unspecified atom stereocenters. The van der Waals surface area contributed by atoms with Crippen molar-refractivity contribution in [2.45, 2.75) is 19.9 Å². The molecule has 8 heteroatoms. The highest BCUT2D eigenvalue weighted by atomic mass is 79.9. The number of hydrogen-bond donors (Lipinski definition) is 3. The van der Waals surface area contributed by atoms with Crippen molar-refractivity contribution < 1.29 is 14.9 Å². The summed E-state index contributed by atoms with van der Waals surface area (Å²) in [5.74, 6) is 0.493. The molecule has 1 aromatic carbocycles. The van der Waals surface area contributed by atoms with E-state index in [0.717, 1.165) is 36.2 Å². The molecule has 1 aliphatic rings. The summed E-state index contributed by atoms with van der Waals surface area (Å²) in [6.45, 7) is 7.83. The van der Waals surface area contributed by atoms with Crippen LogP contribution >= 0.6 is 44.3 Å². The molecule has 1 aromatic rings. The van der Waals surface area contributed by atoms with Crippen LogP contribution in [0.3, 0.4) is 0 Å². The van der Waals surface area contributed by atoms with Gasteiger partial charge in [0.2, 0.25) is 0 Å². The lowest BCUT2D eigenvalue weighted by Gasteiger charge is -2.44. The van der Waals surface area contributed by atoms with Crippen LogP contribution in [0.4, 0.5) is 0 Å². The molecule has 24 heavy (non-hydrogen) atoms. The summed E-state index contributed by atoms with van der Waals surface area (Å²) < 4.78 is 6.67. The molecule has 0 saturated carbocycles. The van der Waals surface area contributed by atoms with Gasteiger partial charge in [0.25, 0.3) is 0 Å². The molecule has 138 valence electrons. The number of aromatic hydroxyl groups is 1. The van der Waals surface area contributed by atoms with Crippen LogP contribution in [0.1, 0.15) is 25.5 Å². The van der Waals surface area contributed by atoms with Crippen LogP contribution in [0.25, 0.3) is 0 Å². The van der Waals surface area contributed by atoms with E-state index >= 15 is 0 Å². The maximum absolute atomic E-state index is 10.2. The van der Waals surface area contributed by atoms with E-state index < -0.39 is 0 Å². The number of methoxy groups -OCH3 is 1. The fourth-order valence-electron chi connectivity index (χ4n) is 3.11. The molecule has 1 saturated heterocycles. The van der Waals surface area contributed by atoms with Gasteiger partial charge in [-0.05, 0) is 43.5 Å². The quantitative estimate of drug-likeness (QED) is 0.594. The molecule has 3 N–H and O–H groups in total. The summed E-state index contributed by atoms with van der Waals surface area (Å²) in [5.41, 5.74) is 0.647. The van der Waals surface area contributed by atoms with E-state index in [1.165, 1.54) is 7.11 Å². The van der Waals surface area contributed by atoms with Gasteiger partial charge in [0, 0.05) is 48.7 Å². The third-order valence-electron chi connectivity index (χ3n) is 4.35. The standard InChI is InChI=1S/C16H24Br2N2O3.ClH/c1-16(2,9-21)15(20-6-4-19-5-7-20)10-8-11(23-3)14(22)13(18)12(10)17;/h8,15,19,21-22H,4-7,9H2,1-3H3;1H/t15-;/m0./s1. The lowest BCUT2D eigenvalue weighted by atomic mass is 9.79. The molecule has 5 nitrogen and oxygen atoms in total. The van der Waals surface area contributed by atoms with E-state index in [9.17, 15) is 10.2 Å². The second-order valence-corrected chi connectivity index (χ2v) is 8.07. The Morgan fingerprint density at radius 3 is 2.38 bits per heavy atom. The molecule has 0 amide bonds. The van der Waals surface area contributed by atoms with E-state index in [1.54, 1.807) is 0 Å². The van der Waals surface area contributed by atoms with Gasteiger partial charge < -0.3 is 20.3 Å². The Kier molecular flexibility index (Phi) is 8.29. The van der Waals surface area contributed by atoms with Crippen molar-refractivity contribution in [1.82, 2.24) is 10.2 Å². The number of aliphatic hydroxyl groups excluding tert-OH is 1. The summed E-state index contributed by atoms with van der Waals surface area (Å²) in [6.07, 6.45) is 0. The van der Waals surface area contributed by atoms with Gasteiger partial charge in [0.05, 0.1) is 11.6 Å². The smallest absolute Gasteiger partial charge is 0.173 e. The maximum atomic E-state index is 10.2. The molecule has 0 aromatic heterocycles. The van der Waals surface area contributed by atoms with Gasteiger partial charge in [-0.2, -0.15) is 0 Å². The molecular formula is C16H25Br2ClN2O3. The van der Waals surface area contributed by atoms with Gasteiger partial charge in [-0.25, -0.2) is 0 Å². The number of aliphatic hydroxyl groups is 1. The zero-order valence-electron chi connectivity index (χ0n) is 14.1. The number of ether oxygens (including phenoxy) is 1. The van der Waals surface area contributed by atoms with E-state index in [2.05, 4.69) is 55.9 Å². The van der Waals surface area contributed by atoms with Crippen LogP contribution in [0.2, 0.25) is 0 Å². The first-order chi connectivity index (χ1) is 10.8. The summed E-state index contributed by atoms with van der Waals surface area (Å²) >= 11 is 7.03. The van der Waals surface area contributed by atoms with Gasteiger partial charge in [0.1, 0.15) is 0 Å². The predicted molar refractivity (Wildman–Crippen MR) is 105 cm³/mol. The zero-order valence-corrected chi connectivity index (χ0v) is 18.1. The van der Waals surface area contributed by atoms with Gasteiger partial charge in [-0.1, -0.05) is 13.8 Å². The minimum absolute atomic E-state index is 0. The molecule has 1 atom stereocenters. The van der Waals surface area contributed by atoms with E-state index in [1.807, 2.05) is 6.07 Å². The van der Waals surface area contributed by atoms with Crippen LogP contribution in [0, 0.1) is 5.41 Å². The lowest BCUT2D eigenvalue weighted by Crippen LogP contribution is -2.49. The van der Waals surface area contributed by atoms with Crippen LogP contribution in [-0.2, 0) is 0 Å². The minimum atomic E-state index is -0.346. The first-order valence-electron chi connectivity index (χ1n) is 7.64. The number of halogens is 3. The Morgan fingerprint density at radius 1 is 1.29 bits per heavy atom. The Balaban J connectivity index is 0.00000288. The van der Waals surface area contributed by atoms with Crippen LogP contribution in [0.15, 0.2) is 15.0 Å². The van der Waals surface area contributed by atoms with Crippen molar-refractivity contribution in [2.24, 2.45) is 5.41 Å². The molecule has 1 aliphatic heterocycles. The minimum Gasteiger partial charge on any atom is -0.503 e. The number of hydrogen-bond acceptors (Lipinski definition) is 5. The number of nitrogens with one attached hydrogen (secondary N) is 1. The molecule has 2 rings (SSSR count). The summed E-state index contributed by atoms with van der Waals surface area (Å²) in [4.78, 5) is 2.37. The predicted octanol–water partition coefficient (Wildman–Crippen LogP) is 3.31. The fourth-order valence-corrected chi connectivity index (χ4v) is 4.05. The first-order valence-corrected chi connectivity index (χ1v) is 9.22. The number of nitrogens with zero attached hydrogens (tertiary/aromatic N) is 1. The Hall–Kier alpha value is -0.0500. The number of benzene rings is 1. The second kappa shape index (κ2) is 9.05. The SMILES string of the molecule is COc1cc([C@H](N2CCNCC2)C(C)(C)CO)c(Br)c(Br)c1O.Cl. The highest BCUT2D eigenvalue weighted by molar-refractivity contribution is 9.13. The monoisotopic (exact) mass is 486 g/mol. The molecular weight excluding hydrogens is 463 g/mol. The highest BCUT2D eigenvalue weighted by Crippen LogP contribution is 2.48. The summed E-state index contributed by atoms with van der Waals surface area (Å²) in [6, 6.07) is 1.85.